The number of aryl methyl sites for hydroxylation is 2. The lowest BCUT2D eigenvalue weighted by molar-refractivity contribution is 0.710. The van der Waals surface area contributed by atoms with Gasteiger partial charge >= 0.3 is 0 Å². The number of rotatable bonds is 4. The third kappa shape index (κ3) is 4.60. The molecule has 2 fully saturated rings. The maximum atomic E-state index is 2.84. The van der Waals surface area contributed by atoms with Crippen molar-refractivity contribution in [1.82, 2.24) is 9.13 Å². The normalized spacial score (nSPS) is 16.8. The third-order valence-corrected chi connectivity index (χ3v) is 18.7. The SMILES string of the molecule is Cc1ccc(-c2c(-c3ccc(C)cc3)n3c4c(cc5ccccc5c24)B2c4c-3ccc3c4-n4c5c2cc(C2CCCC2)cc5c2cc(C5CCCC5)cc(c24)C32c3ccccc3-c3ccccc32)cc1. The Morgan fingerprint density at radius 3 is 1.74 bits per heavy atom. The summed E-state index contributed by atoms with van der Waals surface area (Å²) in [5, 5.41) is 6.93. The predicted octanol–water partition coefficient (Wildman–Crippen LogP) is 15.0. The molecule has 0 saturated heterocycles. The molecule has 11 aromatic rings. The lowest BCUT2D eigenvalue weighted by atomic mass is 9.33. The largest absolute Gasteiger partial charge is 0.310 e. The number of fused-ring (bicyclic) bond motifs is 13. The number of hydrogen-bond acceptors (Lipinski definition) is 0. The van der Waals surface area contributed by atoms with Gasteiger partial charge in [-0.2, -0.15) is 0 Å². The first-order valence-electron chi connectivity index (χ1n) is 26.3. The number of aromatic nitrogens is 2. The molecule has 332 valence electrons. The summed E-state index contributed by atoms with van der Waals surface area (Å²) in [4.78, 5) is 0. The average Bonchev–Trinajstić information content (AvgIpc) is 4.27. The maximum Gasteiger partial charge on any atom is 0.252 e. The number of benzene rings is 9. The summed E-state index contributed by atoms with van der Waals surface area (Å²) in [6.07, 6.45) is 10.4. The Hall–Kier alpha value is -7.36. The molecule has 0 radical (unpaired) electrons. The molecule has 2 nitrogen and oxygen atoms in total. The van der Waals surface area contributed by atoms with Gasteiger partial charge in [-0.15, -0.1) is 0 Å². The van der Waals surface area contributed by atoms with E-state index in [-0.39, 0.29) is 6.71 Å². The van der Waals surface area contributed by atoms with Crippen molar-refractivity contribution in [2.75, 3.05) is 0 Å². The van der Waals surface area contributed by atoms with Crippen LogP contribution in [0.5, 0.6) is 0 Å². The van der Waals surface area contributed by atoms with Crippen molar-refractivity contribution in [3.63, 3.8) is 0 Å². The van der Waals surface area contributed by atoms with Crippen molar-refractivity contribution in [2.45, 2.75) is 82.5 Å². The first-order chi connectivity index (χ1) is 34.6. The number of hydrogen-bond donors (Lipinski definition) is 0. The molecule has 0 unspecified atom stereocenters. The molecule has 9 aromatic carbocycles. The van der Waals surface area contributed by atoms with E-state index in [1.807, 2.05) is 0 Å². The van der Waals surface area contributed by atoms with Crippen LogP contribution in [0.15, 0.2) is 164 Å². The van der Waals surface area contributed by atoms with Gasteiger partial charge in [0.15, 0.2) is 0 Å². The van der Waals surface area contributed by atoms with Gasteiger partial charge in [-0.1, -0.05) is 182 Å². The van der Waals surface area contributed by atoms with Gasteiger partial charge < -0.3 is 9.13 Å². The van der Waals surface area contributed by atoms with Gasteiger partial charge in [0.05, 0.1) is 22.1 Å². The van der Waals surface area contributed by atoms with Crippen LogP contribution in [0.3, 0.4) is 0 Å². The van der Waals surface area contributed by atoms with Crippen LogP contribution in [-0.4, -0.2) is 15.8 Å². The van der Waals surface area contributed by atoms with E-state index in [4.69, 9.17) is 0 Å². The van der Waals surface area contributed by atoms with E-state index < -0.39 is 5.41 Å². The van der Waals surface area contributed by atoms with Crippen LogP contribution in [0.1, 0.15) is 108 Å². The smallest absolute Gasteiger partial charge is 0.252 e. The van der Waals surface area contributed by atoms with Crippen LogP contribution in [-0.2, 0) is 5.41 Å². The molecular weight excluding hydrogens is 844 g/mol. The molecule has 3 heteroatoms. The van der Waals surface area contributed by atoms with Gasteiger partial charge in [-0.05, 0) is 152 Å². The molecule has 0 N–H and O–H groups in total. The summed E-state index contributed by atoms with van der Waals surface area (Å²) < 4.78 is 5.58. The van der Waals surface area contributed by atoms with Crippen molar-refractivity contribution in [3.05, 3.63) is 208 Å². The summed E-state index contributed by atoms with van der Waals surface area (Å²) in [6.45, 7) is 4.47. The second kappa shape index (κ2) is 13.5. The molecule has 3 aliphatic carbocycles. The van der Waals surface area contributed by atoms with Gasteiger partial charge in [-0.25, -0.2) is 0 Å². The third-order valence-electron chi connectivity index (χ3n) is 18.7. The fourth-order valence-corrected chi connectivity index (χ4v) is 15.8. The molecule has 0 bridgehead atoms. The standard InChI is InChI=1S/C67H51BN2/c1-38-23-27-42(28-24-38)59-60-47-18-8-7-17-44(47)36-57-66(60)69(62(59)43-29-25-39(2)26-30-43)58-32-31-54-65-61(58)68(57)56-37-46(41-15-5-6-16-41)34-51-50-33-45(40-13-3-4-14-40)35-55(63(50)70(65)64(51)56)67(54)52-21-11-9-19-48(52)49-20-10-12-22-53(49)67/h7-12,17-37,40-41H,3-6,13-16H2,1-2H3. The summed E-state index contributed by atoms with van der Waals surface area (Å²) in [5.74, 6) is 1.17. The molecule has 70 heavy (non-hydrogen) atoms. The van der Waals surface area contributed by atoms with Crippen LogP contribution in [0.25, 0.3) is 88.4 Å². The lowest BCUT2D eigenvalue weighted by Crippen LogP contribution is -2.60. The zero-order valence-corrected chi connectivity index (χ0v) is 39.9. The van der Waals surface area contributed by atoms with Crippen LogP contribution >= 0.6 is 0 Å². The molecule has 0 atom stereocenters. The summed E-state index contributed by atoms with van der Waals surface area (Å²) in [6, 6.07) is 65.6. The Morgan fingerprint density at radius 2 is 1.06 bits per heavy atom. The minimum Gasteiger partial charge on any atom is -0.310 e. The highest BCUT2D eigenvalue weighted by molar-refractivity contribution is 7.00. The van der Waals surface area contributed by atoms with Gasteiger partial charge in [0.1, 0.15) is 0 Å². The van der Waals surface area contributed by atoms with Crippen LogP contribution in [0.2, 0.25) is 0 Å². The van der Waals surface area contributed by atoms with E-state index in [9.17, 15) is 0 Å². The first kappa shape index (κ1) is 38.5. The summed E-state index contributed by atoms with van der Waals surface area (Å²) in [5.41, 5.74) is 30.1. The van der Waals surface area contributed by atoms with Crippen LogP contribution in [0.4, 0.5) is 0 Å². The van der Waals surface area contributed by atoms with Crippen molar-refractivity contribution in [2.24, 2.45) is 0 Å². The van der Waals surface area contributed by atoms with Gasteiger partial charge in [0, 0.05) is 38.6 Å². The van der Waals surface area contributed by atoms with E-state index in [0.29, 0.717) is 11.8 Å². The topological polar surface area (TPSA) is 9.86 Å². The fraction of sp³-hybridized carbons (Fsp3) is 0.194. The van der Waals surface area contributed by atoms with E-state index in [2.05, 4.69) is 187 Å². The molecule has 1 spiro atoms. The van der Waals surface area contributed by atoms with Crippen molar-refractivity contribution in [1.29, 1.82) is 0 Å². The van der Waals surface area contributed by atoms with Crippen molar-refractivity contribution in [3.8, 4) is 44.9 Å². The Balaban J connectivity index is 1.12. The maximum absolute atomic E-state index is 2.84. The Morgan fingerprint density at radius 1 is 0.471 bits per heavy atom. The first-order valence-corrected chi connectivity index (χ1v) is 26.3. The fourth-order valence-electron chi connectivity index (χ4n) is 15.8. The molecule has 2 aromatic heterocycles. The minimum atomic E-state index is -0.492. The van der Waals surface area contributed by atoms with E-state index >= 15 is 0 Å². The molecular formula is C67H51BN2. The van der Waals surface area contributed by atoms with E-state index in [1.54, 1.807) is 11.1 Å². The predicted molar refractivity (Wildman–Crippen MR) is 293 cm³/mol. The monoisotopic (exact) mass is 894 g/mol. The van der Waals surface area contributed by atoms with Crippen LogP contribution in [0, 0.1) is 13.8 Å². The second-order valence-corrected chi connectivity index (χ2v) is 22.1. The molecule has 0 amide bonds. The Bertz CT molecular complexity index is 4100. The quantitative estimate of drug-likeness (QED) is 0.156. The van der Waals surface area contributed by atoms with Crippen molar-refractivity contribution < 1.29 is 0 Å². The molecule has 2 saturated carbocycles. The minimum absolute atomic E-state index is 0.0386. The number of nitrogens with zero attached hydrogens (tertiary/aromatic N) is 2. The zero-order chi connectivity index (χ0) is 45.7. The van der Waals surface area contributed by atoms with Crippen molar-refractivity contribution >= 4 is 66.6 Å². The second-order valence-electron chi connectivity index (χ2n) is 22.1. The van der Waals surface area contributed by atoms with Crippen LogP contribution < -0.4 is 16.4 Å². The highest BCUT2D eigenvalue weighted by atomic mass is 15.1. The highest BCUT2D eigenvalue weighted by Crippen LogP contribution is 2.62. The highest BCUT2D eigenvalue weighted by Gasteiger charge is 2.55. The van der Waals surface area contributed by atoms with Gasteiger partial charge in [-0.3, -0.25) is 0 Å². The molecule has 5 heterocycles. The molecule has 6 aliphatic rings. The summed E-state index contributed by atoms with van der Waals surface area (Å²) >= 11 is 0. The van der Waals surface area contributed by atoms with Gasteiger partial charge in [0.2, 0.25) is 0 Å². The molecule has 3 aliphatic heterocycles. The molecule has 17 rings (SSSR count). The average molecular weight is 895 g/mol. The van der Waals surface area contributed by atoms with E-state index in [1.165, 1.54) is 190 Å². The van der Waals surface area contributed by atoms with Gasteiger partial charge in [0.25, 0.3) is 6.71 Å². The van der Waals surface area contributed by atoms with E-state index in [0.717, 1.165) is 0 Å². The zero-order valence-electron chi connectivity index (χ0n) is 39.9. The lowest BCUT2D eigenvalue weighted by Gasteiger charge is -2.44. The Labute approximate surface area is 409 Å². The summed E-state index contributed by atoms with van der Waals surface area (Å²) in [7, 11) is 0. The Kier molecular flexibility index (Phi) is 7.42.